The number of H-pyrrole nitrogens is 3. The van der Waals surface area contributed by atoms with E-state index in [1.165, 1.54) is 60.2 Å². The van der Waals surface area contributed by atoms with E-state index in [9.17, 15) is 58.1 Å². The van der Waals surface area contributed by atoms with Crippen LogP contribution < -0.4 is 67.7 Å². The number of fused-ring (bicyclic) bond motifs is 1. The number of aromatic nitrogens is 12. The Labute approximate surface area is 697 Å². The molecule has 6 aromatic heterocycles. The smallest absolute Gasteiger partial charge is 0.351 e. The van der Waals surface area contributed by atoms with Gasteiger partial charge in [-0.2, -0.15) is 15.0 Å². The van der Waals surface area contributed by atoms with E-state index in [2.05, 4.69) is 56.1 Å². The predicted octanol–water partition coefficient (Wildman–Crippen LogP) is -1.11. The number of aliphatic hydroxyl groups is 1. The van der Waals surface area contributed by atoms with Gasteiger partial charge in [-0.1, -0.05) is 13.8 Å². The van der Waals surface area contributed by atoms with Crippen LogP contribution in [-0.2, 0) is 135 Å². The average Bonchev–Trinajstić information content (AvgIpc) is 1.63. The fourth-order valence-electron chi connectivity index (χ4n) is 13.3. The van der Waals surface area contributed by atoms with Crippen LogP contribution in [0.2, 0.25) is 0 Å². The van der Waals surface area contributed by atoms with Crippen molar-refractivity contribution in [1.29, 1.82) is 0 Å². The standard InChI is InChI=1S/C62H90BrN17O30P4S4/c1-31(2)33-19-46(76-10-5-43(65)70-59(76)86)102-39(33)26-101-114(118,97-18-17-96-16-15-95-14-9-68-45(82)7-12-94-13-8-64)109-37-22-48(78-23-32(3)54(83)74-61(78)88)104-42(37)29-99-112(91,116)108-36-21-49(80-30-69-50-53(80)72-58(67)73-56(50)85)105-41(36)27-98-111(90,115)107-35-20-47(77-11-6-44(66)71-60(77)87)103-40(35)28-100-113(92,117)110-51-38(25-81)106-57(52(51)93-4)79-24-34(63)55(84)75-62(79)89/h5-6,10-11,23-24,30-31,33,35-42,46-49,51-52,57,81H,7-9,12-22,25-29,64H2,1-4H3,(H,68,82)(H,90,115)(H,91,116)(H,92,117)(H2,65,70,86)(H2,66,71,87)(H,74,83,88)(H,75,84,89)(H3,67,72,73,85)/t33?,35?,36?,37?,38-,39-,40-,41-,42-,46-,47-,48-,49-,51?,52+,57-,111?,112?,113?,114?/m1/s1. The molecule has 118 heavy (non-hydrogen) atoms. The van der Waals surface area contributed by atoms with E-state index in [1.807, 2.05) is 13.8 Å². The summed E-state index contributed by atoms with van der Waals surface area (Å²) < 4.78 is 115. The van der Waals surface area contributed by atoms with Gasteiger partial charge in [0.05, 0.1) is 114 Å². The lowest BCUT2D eigenvalue weighted by Gasteiger charge is -2.30. The Bertz CT molecular complexity index is 5150. The number of halogens is 1. The quantitative estimate of drug-likeness (QED) is 0.0160. The number of methoxy groups -OCH3 is 1. The normalized spacial score (nSPS) is 27.4. The Balaban J connectivity index is 0.807. The second-order valence-corrected chi connectivity index (χ2v) is 39.6. The lowest BCUT2D eigenvalue weighted by molar-refractivity contribution is -0.122. The number of anilines is 3. The average molecular weight is 1890 g/mol. The molecule has 0 saturated carbocycles. The first-order chi connectivity index (χ1) is 56.0. The summed E-state index contributed by atoms with van der Waals surface area (Å²) in [5.41, 5.74) is 17.5. The van der Waals surface area contributed by atoms with E-state index < -0.39 is 185 Å². The number of amides is 1. The van der Waals surface area contributed by atoms with Crippen LogP contribution in [0.4, 0.5) is 17.6 Å². The highest BCUT2D eigenvalue weighted by Crippen LogP contribution is 2.57. The van der Waals surface area contributed by atoms with Crippen molar-refractivity contribution in [3.05, 3.63) is 126 Å². The molecular weight excluding hydrogens is 1790 g/mol. The van der Waals surface area contributed by atoms with Gasteiger partial charge in [0.15, 0.2) is 17.4 Å². The van der Waals surface area contributed by atoms with Gasteiger partial charge in [0.1, 0.15) is 73.2 Å². The number of ether oxygens (including phenoxy) is 9. The number of aromatic amines is 3. The highest BCUT2D eigenvalue weighted by molar-refractivity contribution is 9.10. The van der Waals surface area contributed by atoms with Crippen LogP contribution in [-0.4, -0.2) is 244 Å². The van der Waals surface area contributed by atoms with Gasteiger partial charge in [-0.3, -0.25) is 61.5 Å². The molecule has 0 aromatic carbocycles. The van der Waals surface area contributed by atoms with E-state index in [4.69, 9.17) is 154 Å². The van der Waals surface area contributed by atoms with Crippen molar-refractivity contribution in [3.63, 3.8) is 0 Å². The van der Waals surface area contributed by atoms with Crippen LogP contribution in [0.15, 0.2) is 81.3 Å². The first-order valence-electron chi connectivity index (χ1n) is 36.4. The van der Waals surface area contributed by atoms with E-state index in [0.717, 1.165) is 19.9 Å². The van der Waals surface area contributed by atoms with Crippen LogP contribution in [0, 0.1) is 18.8 Å². The molecule has 0 bridgehead atoms. The largest absolute Gasteiger partial charge is 0.394 e. The molecule has 1 amide bonds. The molecule has 5 fully saturated rings. The Morgan fingerprint density at radius 2 is 1.12 bits per heavy atom. The van der Waals surface area contributed by atoms with Crippen molar-refractivity contribution in [1.82, 2.24) is 63.0 Å². The molecule has 6 aromatic rings. The van der Waals surface area contributed by atoms with Gasteiger partial charge in [0.25, 0.3) is 16.7 Å². The molecule has 9 unspecified atom stereocenters. The minimum absolute atomic E-state index is 0.0120. The summed E-state index contributed by atoms with van der Waals surface area (Å²) in [5.74, 6) is -0.915. The zero-order valence-electron chi connectivity index (χ0n) is 63.3. The number of aliphatic hydroxyl groups excluding tert-OH is 1. The molecule has 16 N–H and O–H groups in total. The highest BCUT2D eigenvalue weighted by Gasteiger charge is 2.52. The van der Waals surface area contributed by atoms with Gasteiger partial charge in [0, 0.05) is 76.2 Å². The van der Waals surface area contributed by atoms with E-state index in [0.29, 0.717) is 19.6 Å². The Morgan fingerprint density at radius 3 is 1.69 bits per heavy atom. The number of hydrogen-bond donors (Lipinski definition) is 12. The van der Waals surface area contributed by atoms with E-state index >= 15 is 0 Å². The molecule has 5 saturated heterocycles. The lowest BCUT2D eigenvalue weighted by Crippen LogP contribution is -2.40. The zero-order valence-corrected chi connectivity index (χ0v) is 71.8. The number of rotatable bonds is 43. The summed E-state index contributed by atoms with van der Waals surface area (Å²) in [7, 11) is 1.22. The van der Waals surface area contributed by atoms with Crippen molar-refractivity contribution < 1.29 is 108 Å². The maximum Gasteiger partial charge on any atom is 0.351 e. The van der Waals surface area contributed by atoms with Crippen molar-refractivity contribution in [2.45, 2.75) is 145 Å². The summed E-state index contributed by atoms with van der Waals surface area (Å²) in [6, 6.07) is 2.76. The number of nitrogens with one attached hydrogen (secondary N) is 4. The number of nitrogens with two attached hydrogens (primary N) is 4. The van der Waals surface area contributed by atoms with Crippen molar-refractivity contribution in [2.75, 3.05) is 117 Å². The second-order valence-electron chi connectivity index (χ2n) is 27.4. The molecule has 0 radical (unpaired) electrons. The van der Waals surface area contributed by atoms with Gasteiger partial charge in [-0.25, -0.2) is 24.2 Å². The monoisotopic (exact) mass is 1880 g/mol. The van der Waals surface area contributed by atoms with Gasteiger partial charge in [0.2, 0.25) is 11.9 Å². The van der Waals surface area contributed by atoms with Gasteiger partial charge in [-0.15, -0.1) is 0 Å². The third-order valence-electron chi connectivity index (χ3n) is 19.0. The fraction of sp³-hybridized carbons (Fsp3) is 0.645. The molecule has 20 atom stereocenters. The third-order valence-corrected chi connectivity index (χ3v) is 26.7. The molecule has 11 rings (SSSR count). The molecule has 0 aliphatic carbocycles. The summed E-state index contributed by atoms with van der Waals surface area (Å²) in [6.45, 7) is -14.5. The molecule has 5 aliphatic rings. The lowest BCUT2D eigenvalue weighted by atomic mass is 9.89. The molecule has 654 valence electrons. The predicted molar refractivity (Wildman–Crippen MR) is 430 cm³/mol. The zero-order chi connectivity index (χ0) is 85.1. The second kappa shape index (κ2) is 41.3. The minimum Gasteiger partial charge on any atom is -0.394 e. The van der Waals surface area contributed by atoms with E-state index in [1.54, 1.807) is 0 Å². The van der Waals surface area contributed by atoms with Gasteiger partial charge in [-0.05, 0) is 100 Å². The van der Waals surface area contributed by atoms with Crippen LogP contribution in [0.25, 0.3) is 11.2 Å². The fourth-order valence-corrected chi connectivity index (χ4v) is 20.1. The third kappa shape index (κ3) is 24.3. The molecule has 0 spiro atoms. The number of carbonyl (C=O) groups is 1. The maximum absolute atomic E-state index is 13.6. The number of nitrogen functional groups attached to an aromatic ring is 3. The Hall–Kier alpha value is -5.50. The SMILES string of the molecule is CO[C@H]1C(OP(O)(=S)OC[C@H]2O[C@@H](n3ccc(N)nc3=O)CC2OP(O)(=S)OC[C@H]2O[C@@H](n3cnc4c(=O)[nH]c(N)nc43)CC2OP(O)(=S)OC[C@H]2O[C@@H](n3cc(C)c(=O)[nH]c3=O)CC2OP(=S)(OCCOCCOCCNC(=O)CCOCCN)OC[C@H]2O[C@@H](n3ccc(N)nc3=O)CC2C(C)C)[C@@H](CO)O[C@H]1n1cc(Br)c(=O)[nH]c1=O. The van der Waals surface area contributed by atoms with Gasteiger partial charge >= 0.3 is 49.6 Å². The first-order valence-corrected chi connectivity index (χ1v) is 47.6. The topological polar surface area (TPSA) is 623 Å². The van der Waals surface area contributed by atoms with Crippen LogP contribution in [0.3, 0.4) is 0 Å². The number of hydrogen-bond acceptors (Lipinski definition) is 39. The van der Waals surface area contributed by atoms with Crippen LogP contribution >= 0.6 is 42.8 Å². The van der Waals surface area contributed by atoms with Crippen LogP contribution in [0.5, 0.6) is 0 Å². The van der Waals surface area contributed by atoms with Crippen molar-refractivity contribution in [3.8, 4) is 0 Å². The summed E-state index contributed by atoms with van der Waals surface area (Å²) in [6.07, 6.45) is -12.8. The highest BCUT2D eigenvalue weighted by atomic mass is 79.9. The number of carbonyl (C=O) groups excluding carboxylic acids is 1. The summed E-state index contributed by atoms with van der Waals surface area (Å²) in [4.78, 5) is 162. The Morgan fingerprint density at radius 1 is 0.602 bits per heavy atom. The summed E-state index contributed by atoms with van der Waals surface area (Å²) >= 11 is 26.1. The van der Waals surface area contributed by atoms with Crippen LogP contribution in [0.1, 0.15) is 82.7 Å². The Kier molecular flexibility index (Phi) is 32.6. The van der Waals surface area contributed by atoms with E-state index in [-0.39, 0.29) is 135 Å². The first kappa shape index (κ1) is 93.2. The van der Waals surface area contributed by atoms with Crippen molar-refractivity contribution in [2.24, 2.45) is 17.6 Å². The maximum atomic E-state index is 13.6. The minimum atomic E-state index is -4.65. The molecule has 5 aliphatic heterocycles. The molecule has 56 heteroatoms. The van der Waals surface area contributed by atoms with Gasteiger partial charge < -0.3 is 127 Å². The number of nitrogens with zero attached hydrogens (tertiary/aromatic N) is 9. The summed E-state index contributed by atoms with van der Waals surface area (Å²) in [5, 5.41) is 13.1. The molecule has 47 nitrogen and oxygen atoms in total. The molecule has 11 heterocycles. The molecular formula is C62H90BrN17O30P4S4. The number of aryl methyl sites for hydroxylation is 1. The van der Waals surface area contributed by atoms with Crippen molar-refractivity contribution >= 4 is 125 Å². The number of imidazole rings is 1.